The summed E-state index contributed by atoms with van der Waals surface area (Å²) in [5.41, 5.74) is 8.48. The highest BCUT2D eigenvalue weighted by Gasteiger charge is 2.12. The van der Waals surface area contributed by atoms with Gasteiger partial charge in [0.05, 0.1) is 6.10 Å². The Morgan fingerprint density at radius 3 is 2.59 bits per heavy atom. The minimum Gasteiger partial charge on any atom is -0.392 e. The molecule has 0 fully saturated rings. The number of aliphatic hydroxyl groups excluding tert-OH is 1. The number of nitrogens with one attached hydrogen (secondary N) is 1. The minimum atomic E-state index is -0.630. The van der Waals surface area contributed by atoms with Gasteiger partial charge >= 0.3 is 0 Å². The molecule has 0 saturated carbocycles. The van der Waals surface area contributed by atoms with Crippen LogP contribution in [0.3, 0.4) is 0 Å². The average molecular weight is 236 g/mol. The van der Waals surface area contributed by atoms with Crippen molar-refractivity contribution in [1.29, 1.82) is 0 Å². The molecule has 1 amide bonds. The minimum absolute atomic E-state index is 0.163. The molecule has 1 aromatic rings. The third-order valence-electron chi connectivity index (χ3n) is 2.89. The molecule has 0 heterocycles. The molecule has 0 aliphatic heterocycles. The van der Waals surface area contributed by atoms with Crippen molar-refractivity contribution >= 4 is 5.91 Å². The van der Waals surface area contributed by atoms with Crippen LogP contribution in [0.15, 0.2) is 18.2 Å². The molecule has 2 atom stereocenters. The summed E-state index contributed by atoms with van der Waals surface area (Å²) in [7, 11) is 0. The fourth-order valence-electron chi connectivity index (χ4n) is 1.37. The number of nitrogens with two attached hydrogens (primary N) is 1. The van der Waals surface area contributed by atoms with E-state index in [1.54, 1.807) is 13.0 Å². The fourth-order valence-corrected chi connectivity index (χ4v) is 1.37. The molecule has 0 spiro atoms. The molecule has 0 saturated heterocycles. The molecule has 4 N–H and O–H groups in total. The van der Waals surface area contributed by atoms with E-state index in [0.29, 0.717) is 5.56 Å². The molecule has 0 aromatic heterocycles. The van der Waals surface area contributed by atoms with E-state index in [1.807, 2.05) is 26.0 Å². The fraction of sp³-hybridized carbons (Fsp3) is 0.462. The van der Waals surface area contributed by atoms with Crippen LogP contribution in [0, 0.1) is 13.8 Å². The van der Waals surface area contributed by atoms with E-state index in [-0.39, 0.29) is 12.5 Å². The van der Waals surface area contributed by atoms with Crippen LogP contribution in [-0.4, -0.2) is 29.7 Å². The first-order valence-electron chi connectivity index (χ1n) is 5.71. The topological polar surface area (TPSA) is 75.4 Å². The lowest BCUT2D eigenvalue weighted by molar-refractivity contribution is 0.0937. The Bertz CT molecular complexity index is 402. The van der Waals surface area contributed by atoms with E-state index in [0.717, 1.165) is 11.1 Å². The largest absolute Gasteiger partial charge is 0.392 e. The molecular weight excluding hydrogens is 216 g/mol. The van der Waals surface area contributed by atoms with Crippen molar-refractivity contribution in [2.45, 2.75) is 32.9 Å². The van der Waals surface area contributed by atoms with Crippen molar-refractivity contribution in [2.24, 2.45) is 5.73 Å². The van der Waals surface area contributed by atoms with Crippen molar-refractivity contribution in [3.05, 3.63) is 34.9 Å². The monoisotopic (exact) mass is 236 g/mol. The van der Waals surface area contributed by atoms with Gasteiger partial charge in [-0.3, -0.25) is 4.79 Å². The van der Waals surface area contributed by atoms with E-state index >= 15 is 0 Å². The Hall–Kier alpha value is -1.39. The second-order valence-corrected chi connectivity index (χ2v) is 4.41. The van der Waals surface area contributed by atoms with Crippen LogP contribution in [0.5, 0.6) is 0 Å². The van der Waals surface area contributed by atoms with Gasteiger partial charge in [-0.2, -0.15) is 0 Å². The SMILES string of the molecule is Cc1ccc(C(=O)NCC(N)C(C)O)cc1C. The average Bonchev–Trinajstić information content (AvgIpc) is 2.28. The number of amides is 1. The van der Waals surface area contributed by atoms with Gasteiger partial charge in [0.15, 0.2) is 0 Å². The number of rotatable bonds is 4. The normalized spacial score (nSPS) is 14.2. The molecule has 4 nitrogen and oxygen atoms in total. The van der Waals surface area contributed by atoms with Crippen LogP contribution in [0.1, 0.15) is 28.4 Å². The molecule has 2 unspecified atom stereocenters. The van der Waals surface area contributed by atoms with Crippen LogP contribution >= 0.6 is 0 Å². The quantitative estimate of drug-likeness (QED) is 0.722. The highest BCUT2D eigenvalue weighted by Crippen LogP contribution is 2.09. The predicted molar refractivity (Wildman–Crippen MR) is 67.9 cm³/mol. The van der Waals surface area contributed by atoms with E-state index in [1.165, 1.54) is 0 Å². The Kier molecular flexibility index (Phi) is 4.66. The van der Waals surface area contributed by atoms with Gasteiger partial charge in [0.2, 0.25) is 0 Å². The van der Waals surface area contributed by atoms with E-state index in [9.17, 15) is 9.90 Å². The zero-order valence-corrected chi connectivity index (χ0v) is 10.5. The highest BCUT2D eigenvalue weighted by molar-refractivity contribution is 5.94. The second-order valence-electron chi connectivity index (χ2n) is 4.41. The summed E-state index contributed by atoms with van der Waals surface area (Å²) < 4.78 is 0. The Morgan fingerprint density at radius 1 is 1.41 bits per heavy atom. The molecule has 0 bridgehead atoms. The number of benzene rings is 1. The molecule has 0 radical (unpaired) electrons. The molecule has 17 heavy (non-hydrogen) atoms. The van der Waals surface area contributed by atoms with Gasteiger partial charge in [0.25, 0.3) is 5.91 Å². The van der Waals surface area contributed by atoms with Crippen molar-refractivity contribution in [3.63, 3.8) is 0 Å². The first-order valence-corrected chi connectivity index (χ1v) is 5.71. The van der Waals surface area contributed by atoms with Crippen molar-refractivity contribution < 1.29 is 9.90 Å². The molecular formula is C13H20N2O2. The van der Waals surface area contributed by atoms with Gasteiger partial charge in [0, 0.05) is 18.2 Å². The molecule has 0 aliphatic carbocycles. The van der Waals surface area contributed by atoms with Crippen molar-refractivity contribution in [1.82, 2.24) is 5.32 Å². The Labute approximate surface area is 102 Å². The lowest BCUT2D eigenvalue weighted by Crippen LogP contribution is -2.43. The van der Waals surface area contributed by atoms with E-state index < -0.39 is 12.1 Å². The zero-order chi connectivity index (χ0) is 13.0. The highest BCUT2D eigenvalue weighted by atomic mass is 16.3. The third-order valence-corrected chi connectivity index (χ3v) is 2.89. The molecule has 1 rings (SSSR count). The standard InChI is InChI=1S/C13H20N2O2/c1-8-4-5-11(6-9(8)2)13(17)15-7-12(14)10(3)16/h4-6,10,12,16H,7,14H2,1-3H3,(H,15,17). The maximum absolute atomic E-state index is 11.8. The van der Waals surface area contributed by atoms with Crippen molar-refractivity contribution in [2.75, 3.05) is 6.54 Å². The second kappa shape index (κ2) is 5.80. The number of carbonyl (C=O) groups excluding carboxylic acids is 1. The van der Waals surface area contributed by atoms with Gasteiger partial charge in [-0.15, -0.1) is 0 Å². The van der Waals surface area contributed by atoms with E-state index in [2.05, 4.69) is 5.32 Å². The van der Waals surface area contributed by atoms with Gasteiger partial charge in [-0.25, -0.2) is 0 Å². The maximum atomic E-state index is 11.8. The predicted octanol–water partition coefficient (Wildman–Crippen LogP) is 0.741. The van der Waals surface area contributed by atoms with Gasteiger partial charge in [-0.1, -0.05) is 6.07 Å². The number of hydrogen-bond acceptors (Lipinski definition) is 3. The summed E-state index contributed by atoms with van der Waals surface area (Å²) >= 11 is 0. The van der Waals surface area contributed by atoms with Crippen LogP contribution in [0.2, 0.25) is 0 Å². The van der Waals surface area contributed by atoms with Crippen LogP contribution in [0.4, 0.5) is 0 Å². The molecule has 0 aliphatic rings. The van der Waals surface area contributed by atoms with Crippen molar-refractivity contribution in [3.8, 4) is 0 Å². The maximum Gasteiger partial charge on any atom is 0.251 e. The van der Waals surface area contributed by atoms with Crippen LogP contribution < -0.4 is 11.1 Å². The third kappa shape index (κ3) is 3.84. The van der Waals surface area contributed by atoms with Gasteiger partial charge < -0.3 is 16.2 Å². The van der Waals surface area contributed by atoms with Crippen LogP contribution in [-0.2, 0) is 0 Å². The first kappa shape index (κ1) is 13.7. The van der Waals surface area contributed by atoms with E-state index in [4.69, 9.17) is 5.73 Å². The van der Waals surface area contributed by atoms with Crippen LogP contribution in [0.25, 0.3) is 0 Å². The number of hydrogen-bond donors (Lipinski definition) is 3. The van der Waals surface area contributed by atoms with Gasteiger partial charge in [-0.05, 0) is 44.0 Å². The summed E-state index contributed by atoms with van der Waals surface area (Å²) in [6.45, 7) is 5.84. The summed E-state index contributed by atoms with van der Waals surface area (Å²) in [4.78, 5) is 11.8. The summed E-state index contributed by atoms with van der Waals surface area (Å²) in [5.74, 6) is -0.163. The van der Waals surface area contributed by atoms with Gasteiger partial charge in [0.1, 0.15) is 0 Å². The summed E-state index contributed by atoms with van der Waals surface area (Å²) in [6, 6.07) is 5.11. The smallest absolute Gasteiger partial charge is 0.251 e. The number of aliphatic hydroxyl groups is 1. The summed E-state index contributed by atoms with van der Waals surface area (Å²) in [5, 5.41) is 11.9. The molecule has 1 aromatic carbocycles. The summed E-state index contributed by atoms with van der Waals surface area (Å²) in [6.07, 6.45) is -0.630. The Morgan fingerprint density at radius 2 is 2.06 bits per heavy atom. The molecule has 4 heteroatoms. The number of carbonyl (C=O) groups is 1. The number of aryl methyl sites for hydroxylation is 2. The first-order chi connectivity index (χ1) is 7.91. The lowest BCUT2D eigenvalue weighted by Gasteiger charge is -2.15. The Balaban J connectivity index is 2.61. The lowest BCUT2D eigenvalue weighted by atomic mass is 10.1. The zero-order valence-electron chi connectivity index (χ0n) is 10.5. The molecule has 94 valence electrons.